The van der Waals surface area contributed by atoms with Gasteiger partial charge < -0.3 is 0 Å². The average molecular weight is 262 g/mol. The van der Waals surface area contributed by atoms with Crippen LogP contribution in [0.15, 0.2) is 12.7 Å². The van der Waals surface area contributed by atoms with Gasteiger partial charge in [-0.05, 0) is 37.0 Å². The molecule has 2 atom stereocenters. The first-order chi connectivity index (χ1) is 9.35. The summed E-state index contributed by atoms with van der Waals surface area (Å²) in [5.41, 5.74) is 0. The molecule has 0 bridgehead atoms. The molecule has 0 aromatic carbocycles. The van der Waals surface area contributed by atoms with E-state index in [4.69, 9.17) is 0 Å². The zero-order valence-corrected chi connectivity index (χ0v) is 12.4. The van der Waals surface area contributed by atoms with Gasteiger partial charge in [-0.2, -0.15) is 0 Å². The van der Waals surface area contributed by atoms with Crippen LogP contribution in [0.1, 0.15) is 44.9 Å². The van der Waals surface area contributed by atoms with E-state index in [-0.39, 0.29) is 0 Å². The van der Waals surface area contributed by atoms with E-state index in [9.17, 15) is 0 Å². The fourth-order valence-corrected chi connectivity index (χ4v) is 4.69. The molecule has 0 aromatic rings. The molecular formula is C17H30N2. The molecule has 2 saturated carbocycles. The summed E-state index contributed by atoms with van der Waals surface area (Å²) in [5.74, 6) is 3.18. The van der Waals surface area contributed by atoms with E-state index >= 15 is 0 Å². The number of hydrogen-bond acceptors (Lipinski definition) is 2. The van der Waals surface area contributed by atoms with Crippen molar-refractivity contribution in [2.75, 3.05) is 32.8 Å². The Labute approximate surface area is 118 Å². The van der Waals surface area contributed by atoms with Crippen molar-refractivity contribution in [2.45, 2.75) is 44.9 Å². The van der Waals surface area contributed by atoms with Gasteiger partial charge in [-0.1, -0.05) is 31.8 Å². The molecule has 0 radical (unpaired) electrons. The predicted molar refractivity (Wildman–Crippen MR) is 81.0 cm³/mol. The van der Waals surface area contributed by atoms with Crippen molar-refractivity contribution in [1.29, 1.82) is 0 Å². The van der Waals surface area contributed by atoms with Crippen LogP contribution in [0.3, 0.4) is 0 Å². The molecule has 2 heteroatoms. The first-order valence-electron chi connectivity index (χ1n) is 8.40. The van der Waals surface area contributed by atoms with E-state index in [0.717, 1.165) is 24.3 Å². The molecule has 0 spiro atoms. The largest absolute Gasteiger partial charge is 0.289 e. The van der Waals surface area contributed by atoms with Gasteiger partial charge in [-0.25, -0.2) is 0 Å². The third-order valence-corrected chi connectivity index (χ3v) is 5.68. The molecule has 3 fully saturated rings. The minimum atomic E-state index is 0.995. The minimum Gasteiger partial charge on any atom is -0.289 e. The van der Waals surface area contributed by atoms with Gasteiger partial charge in [-0.15, -0.1) is 6.58 Å². The lowest BCUT2D eigenvalue weighted by molar-refractivity contribution is 0.223. The van der Waals surface area contributed by atoms with Crippen molar-refractivity contribution in [2.24, 2.45) is 17.8 Å². The Kier molecular flexibility index (Phi) is 4.60. The third-order valence-electron chi connectivity index (χ3n) is 5.68. The summed E-state index contributed by atoms with van der Waals surface area (Å²) in [5, 5.41) is 0. The maximum Gasteiger partial charge on any atom is 0.0510 e. The van der Waals surface area contributed by atoms with Crippen molar-refractivity contribution >= 4 is 0 Å². The highest BCUT2D eigenvalue weighted by atomic mass is 15.4. The van der Waals surface area contributed by atoms with Crippen LogP contribution in [0.4, 0.5) is 0 Å². The van der Waals surface area contributed by atoms with Gasteiger partial charge >= 0.3 is 0 Å². The maximum atomic E-state index is 3.85. The monoisotopic (exact) mass is 262 g/mol. The van der Waals surface area contributed by atoms with Crippen molar-refractivity contribution in [3.63, 3.8) is 0 Å². The van der Waals surface area contributed by atoms with E-state index in [1.165, 1.54) is 71.2 Å². The van der Waals surface area contributed by atoms with Crippen molar-refractivity contribution < 1.29 is 0 Å². The third kappa shape index (κ3) is 3.41. The van der Waals surface area contributed by atoms with Gasteiger partial charge in [0.25, 0.3) is 0 Å². The highest BCUT2D eigenvalue weighted by Crippen LogP contribution is 2.42. The molecule has 1 unspecified atom stereocenters. The molecule has 1 aliphatic heterocycles. The predicted octanol–water partition coefficient (Wildman–Crippen LogP) is 3.35. The summed E-state index contributed by atoms with van der Waals surface area (Å²) in [7, 11) is 0. The van der Waals surface area contributed by atoms with Crippen LogP contribution < -0.4 is 0 Å². The molecule has 0 aromatic heterocycles. The van der Waals surface area contributed by atoms with Crippen molar-refractivity contribution in [3.8, 4) is 0 Å². The van der Waals surface area contributed by atoms with Crippen LogP contribution in [-0.2, 0) is 0 Å². The smallest absolute Gasteiger partial charge is 0.0510 e. The van der Waals surface area contributed by atoms with Crippen molar-refractivity contribution in [3.05, 3.63) is 12.7 Å². The Morgan fingerprint density at radius 1 is 0.947 bits per heavy atom. The second-order valence-electron chi connectivity index (χ2n) is 7.07. The Morgan fingerprint density at radius 2 is 1.74 bits per heavy atom. The van der Waals surface area contributed by atoms with Gasteiger partial charge in [-0.3, -0.25) is 9.80 Å². The molecular weight excluding hydrogens is 232 g/mol. The number of rotatable bonds is 5. The summed E-state index contributed by atoms with van der Waals surface area (Å²) in [6.45, 7) is 9.96. The summed E-state index contributed by atoms with van der Waals surface area (Å²) in [6.07, 6.45) is 12.7. The van der Waals surface area contributed by atoms with Crippen LogP contribution in [0.5, 0.6) is 0 Å². The molecule has 108 valence electrons. The van der Waals surface area contributed by atoms with Gasteiger partial charge in [0.1, 0.15) is 0 Å². The van der Waals surface area contributed by atoms with Crippen LogP contribution in [-0.4, -0.2) is 42.6 Å². The summed E-state index contributed by atoms with van der Waals surface area (Å²) in [4.78, 5) is 5.18. The normalized spacial score (nSPS) is 34.3. The Morgan fingerprint density at radius 3 is 2.53 bits per heavy atom. The van der Waals surface area contributed by atoms with Crippen LogP contribution in [0.25, 0.3) is 0 Å². The molecule has 2 aliphatic carbocycles. The van der Waals surface area contributed by atoms with Crippen LogP contribution in [0.2, 0.25) is 0 Å². The quantitative estimate of drug-likeness (QED) is 0.701. The minimum absolute atomic E-state index is 0.995. The molecule has 0 amide bonds. The van der Waals surface area contributed by atoms with Gasteiger partial charge in [0.15, 0.2) is 0 Å². The Balaban J connectivity index is 1.41. The lowest BCUT2D eigenvalue weighted by Crippen LogP contribution is -2.29. The molecule has 0 N–H and O–H groups in total. The highest BCUT2D eigenvalue weighted by molar-refractivity contribution is 4.86. The molecule has 1 saturated heterocycles. The maximum absolute atomic E-state index is 3.85. The van der Waals surface area contributed by atoms with Gasteiger partial charge in [0.2, 0.25) is 0 Å². The first kappa shape index (κ1) is 13.6. The molecule has 19 heavy (non-hydrogen) atoms. The summed E-state index contributed by atoms with van der Waals surface area (Å²) >= 11 is 0. The lowest BCUT2D eigenvalue weighted by Gasteiger charge is -2.22. The summed E-state index contributed by atoms with van der Waals surface area (Å²) < 4.78 is 0. The highest BCUT2D eigenvalue weighted by Gasteiger charge is 2.33. The van der Waals surface area contributed by atoms with Crippen molar-refractivity contribution in [1.82, 2.24) is 9.80 Å². The van der Waals surface area contributed by atoms with E-state index in [1.807, 2.05) is 6.08 Å². The zero-order valence-electron chi connectivity index (χ0n) is 12.4. The average Bonchev–Trinajstić information content (AvgIpc) is 3.10. The van der Waals surface area contributed by atoms with Gasteiger partial charge in [0.05, 0.1) is 6.67 Å². The molecule has 3 rings (SSSR count). The summed E-state index contributed by atoms with van der Waals surface area (Å²) in [6, 6.07) is 0. The topological polar surface area (TPSA) is 6.48 Å². The van der Waals surface area contributed by atoms with Crippen LogP contribution in [0, 0.1) is 17.8 Å². The number of nitrogens with zero attached hydrogens (tertiary/aromatic N) is 2. The second-order valence-corrected chi connectivity index (χ2v) is 7.07. The first-order valence-corrected chi connectivity index (χ1v) is 8.40. The van der Waals surface area contributed by atoms with E-state index in [0.29, 0.717) is 0 Å². The number of hydrogen-bond donors (Lipinski definition) is 0. The zero-order chi connectivity index (χ0) is 13.1. The SMILES string of the molecule is C=CCN1CCN(C[C@H]2CCC(C3CCCC3)C2)C1. The fraction of sp³-hybridized carbons (Fsp3) is 0.882. The Bertz CT molecular complexity index is 296. The van der Waals surface area contributed by atoms with E-state index < -0.39 is 0 Å². The van der Waals surface area contributed by atoms with Crippen LogP contribution >= 0.6 is 0 Å². The lowest BCUT2D eigenvalue weighted by atomic mass is 9.89. The molecule has 3 aliphatic rings. The van der Waals surface area contributed by atoms with E-state index in [2.05, 4.69) is 16.4 Å². The fourth-order valence-electron chi connectivity index (χ4n) is 4.69. The molecule has 2 nitrogen and oxygen atoms in total. The Hall–Kier alpha value is -0.340. The molecule has 1 heterocycles. The van der Waals surface area contributed by atoms with E-state index in [1.54, 1.807) is 0 Å². The second kappa shape index (κ2) is 6.41. The van der Waals surface area contributed by atoms with Gasteiger partial charge in [0, 0.05) is 26.2 Å². The standard InChI is InChI=1S/C17H30N2/c1-2-9-18-10-11-19(14-18)13-15-7-8-17(12-15)16-5-3-4-6-16/h2,15-17H,1,3-14H2/t15-,17?/m0/s1.